The van der Waals surface area contributed by atoms with E-state index in [-0.39, 0.29) is 10.7 Å². The molecule has 0 spiro atoms. The van der Waals surface area contributed by atoms with Crippen LogP contribution in [-0.2, 0) is 5.41 Å². The third kappa shape index (κ3) is 4.24. The molecule has 5 heteroatoms. The fourth-order valence-corrected chi connectivity index (χ4v) is 3.15. The Labute approximate surface area is 135 Å². The van der Waals surface area contributed by atoms with Crippen LogP contribution in [0.1, 0.15) is 62.4 Å². The highest BCUT2D eigenvalue weighted by molar-refractivity contribution is 7.99. The molecule has 1 heterocycles. The topological polar surface area (TPSA) is 38.9 Å². The molecular formula is C16H21ClN2OS. The smallest absolute Gasteiger partial charge is 0.239 e. The summed E-state index contributed by atoms with van der Waals surface area (Å²) in [6, 6.07) is 7.95. The van der Waals surface area contributed by atoms with Crippen molar-refractivity contribution in [3.63, 3.8) is 0 Å². The van der Waals surface area contributed by atoms with Gasteiger partial charge in [0.15, 0.2) is 5.82 Å². The second kappa shape index (κ2) is 6.41. The first-order chi connectivity index (χ1) is 9.77. The third-order valence-electron chi connectivity index (χ3n) is 3.21. The molecule has 2 aromatic rings. The molecular weight excluding hydrogens is 304 g/mol. The molecule has 2 atom stereocenters. The summed E-state index contributed by atoms with van der Waals surface area (Å²) < 4.78 is 5.41. The minimum absolute atomic E-state index is 0.0894. The zero-order valence-corrected chi connectivity index (χ0v) is 14.6. The van der Waals surface area contributed by atoms with E-state index >= 15 is 0 Å². The molecule has 1 aromatic heterocycles. The summed E-state index contributed by atoms with van der Waals surface area (Å²) in [6.07, 6.45) is 0. The number of thioether (sulfide) groups is 1. The summed E-state index contributed by atoms with van der Waals surface area (Å²) in [5, 5.41) is 5.33. The lowest BCUT2D eigenvalue weighted by atomic mass is 9.96. The molecule has 3 nitrogen and oxygen atoms in total. The van der Waals surface area contributed by atoms with E-state index in [1.54, 1.807) is 11.8 Å². The van der Waals surface area contributed by atoms with E-state index in [0.29, 0.717) is 11.1 Å². The van der Waals surface area contributed by atoms with Crippen molar-refractivity contribution < 1.29 is 4.52 Å². The number of hydrogen-bond acceptors (Lipinski definition) is 4. The number of nitrogens with zero attached hydrogens (tertiary/aromatic N) is 2. The van der Waals surface area contributed by atoms with Gasteiger partial charge in [0, 0.05) is 15.7 Å². The molecule has 0 aliphatic rings. The maximum atomic E-state index is 5.92. The van der Waals surface area contributed by atoms with Gasteiger partial charge in [-0.2, -0.15) is 4.98 Å². The number of halogens is 1. The third-order valence-corrected chi connectivity index (χ3v) is 4.75. The Bertz CT molecular complexity index is 589. The summed E-state index contributed by atoms with van der Waals surface area (Å²) in [5.74, 6) is 1.44. The lowest BCUT2D eigenvalue weighted by molar-refractivity contribution is 0.364. The summed E-state index contributed by atoms with van der Waals surface area (Å²) in [6.45, 7) is 10.5. The van der Waals surface area contributed by atoms with Gasteiger partial charge in [-0.3, -0.25) is 0 Å². The van der Waals surface area contributed by atoms with Crippen LogP contribution >= 0.6 is 23.4 Å². The molecule has 0 N–H and O–H groups in total. The van der Waals surface area contributed by atoms with Gasteiger partial charge >= 0.3 is 0 Å². The average Bonchev–Trinajstić information content (AvgIpc) is 2.88. The quantitative estimate of drug-likeness (QED) is 0.736. The molecule has 0 amide bonds. The molecule has 2 unspecified atom stereocenters. The Balaban J connectivity index is 2.05. The summed E-state index contributed by atoms with van der Waals surface area (Å²) >= 11 is 7.72. The van der Waals surface area contributed by atoms with Gasteiger partial charge in [-0.05, 0) is 31.5 Å². The van der Waals surface area contributed by atoms with E-state index in [0.717, 1.165) is 10.8 Å². The van der Waals surface area contributed by atoms with Crippen LogP contribution in [0.25, 0.3) is 0 Å². The molecule has 0 fully saturated rings. The van der Waals surface area contributed by atoms with Crippen LogP contribution in [-0.4, -0.2) is 10.1 Å². The van der Waals surface area contributed by atoms with E-state index < -0.39 is 0 Å². The Hall–Kier alpha value is -1.00. The molecule has 2 rings (SSSR count). The maximum Gasteiger partial charge on any atom is 0.239 e. The van der Waals surface area contributed by atoms with Crippen molar-refractivity contribution in [1.29, 1.82) is 0 Å². The number of hydrogen-bond donors (Lipinski definition) is 0. The van der Waals surface area contributed by atoms with Gasteiger partial charge < -0.3 is 4.52 Å². The Morgan fingerprint density at radius 1 is 1.10 bits per heavy atom. The molecule has 0 aliphatic heterocycles. The molecule has 114 valence electrons. The second-order valence-electron chi connectivity index (χ2n) is 6.18. The molecule has 1 aromatic carbocycles. The molecule has 0 aliphatic carbocycles. The first kappa shape index (κ1) is 16.4. The Kier molecular flexibility index (Phi) is 4.99. The summed E-state index contributed by atoms with van der Waals surface area (Å²) in [4.78, 5) is 4.52. The van der Waals surface area contributed by atoms with Crippen LogP contribution in [0.15, 0.2) is 28.8 Å². The number of aromatic nitrogens is 2. The predicted molar refractivity (Wildman–Crippen MR) is 88.9 cm³/mol. The first-order valence-corrected chi connectivity index (χ1v) is 8.34. The lowest BCUT2D eigenvalue weighted by Crippen LogP contribution is -2.13. The molecule has 0 bridgehead atoms. The van der Waals surface area contributed by atoms with Gasteiger partial charge in [0.05, 0.1) is 5.25 Å². The first-order valence-electron chi connectivity index (χ1n) is 7.02. The summed E-state index contributed by atoms with van der Waals surface area (Å²) in [7, 11) is 0. The monoisotopic (exact) mass is 324 g/mol. The van der Waals surface area contributed by atoms with Gasteiger partial charge in [-0.1, -0.05) is 49.7 Å². The van der Waals surface area contributed by atoms with Gasteiger partial charge in [0.2, 0.25) is 5.89 Å². The van der Waals surface area contributed by atoms with Crippen molar-refractivity contribution in [2.75, 3.05) is 0 Å². The van der Waals surface area contributed by atoms with Crippen LogP contribution in [0.2, 0.25) is 5.02 Å². The SMILES string of the molecule is CC(SC(C)c1nc(C(C)(C)C)no1)c1ccc(Cl)cc1. The number of rotatable bonds is 4. The van der Waals surface area contributed by atoms with Gasteiger partial charge in [-0.15, -0.1) is 11.8 Å². The van der Waals surface area contributed by atoms with Crippen molar-refractivity contribution in [2.24, 2.45) is 0 Å². The predicted octanol–water partition coefficient (Wildman–Crippen LogP) is 5.58. The van der Waals surface area contributed by atoms with E-state index in [1.165, 1.54) is 5.56 Å². The molecule has 0 saturated heterocycles. The Morgan fingerprint density at radius 3 is 2.24 bits per heavy atom. The van der Waals surface area contributed by atoms with Gasteiger partial charge in [0.1, 0.15) is 0 Å². The fourth-order valence-electron chi connectivity index (χ4n) is 1.88. The van der Waals surface area contributed by atoms with Crippen molar-refractivity contribution >= 4 is 23.4 Å². The maximum absolute atomic E-state index is 5.92. The molecule has 21 heavy (non-hydrogen) atoms. The van der Waals surface area contributed by atoms with Crippen molar-refractivity contribution in [3.8, 4) is 0 Å². The average molecular weight is 325 g/mol. The van der Waals surface area contributed by atoms with Crippen molar-refractivity contribution in [3.05, 3.63) is 46.6 Å². The minimum Gasteiger partial charge on any atom is -0.338 e. The van der Waals surface area contributed by atoms with Crippen molar-refractivity contribution in [1.82, 2.24) is 10.1 Å². The van der Waals surface area contributed by atoms with E-state index in [1.807, 2.05) is 12.1 Å². The van der Waals surface area contributed by atoms with Crippen LogP contribution in [0.3, 0.4) is 0 Å². The van der Waals surface area contributed by atoms with E-state index in [2.05, 4.69) is 56.9 Å². The summed E-state index contributed by atoms with van der Waals surface area (Å²) in [5.41, 5.74) is 1.15. The highest BCUT2D eigenvalue weighted by atomic mass is 35.5. The van der Waals surface area contributed by atoms with E-state index in [4.69, 9.17) is 16.1 Å². The fraction of sp³-hybridized carbons (Fsp3) is 0.500. The van der Waals surface area contributed by atoms with Crippen LogP contribution in [0.4, 0.5) is 0 Å². The standard InChI is InChI=1S/C16H21ClN2OS/c1-10(12-6-8-13(17)9-7-12)21-11(2)14-18-15(19-20-14)16(3,4)5/h6-11H,1-5H3. The molecule has 0 radical (unpaired) electrons. The highest BCUT2D eigenvalue weighted by Gasteiger charge is 2.24. The highest BCUT2D eigenvalue weighted by Crippen LogP contribution is 2.39. The van der Waals surface area contributed by atoms with Gasteiger partial charge in [-0.25, -0.2) is 0 Å². The van der Waals surface area contributed by atoms with Crippen molar-refractivity contribution in [2.45, 2.75) is 50.5 Å². The lowest BCUT2D eigenvalue weighted by Gasteiger charge is -2.15. The van der Waals surface area contributed by atoms with Crippen LogP contribution < -0.4 is 0 Å². The Morgan fingerprint density at radius 2 is 1.71 bits per heavy atom. The normalized spacial score (nSPS) is 15.0. The van der Waals surface area contributed by atoms with E-state index in [9.17, 15) is 0 Å². The van der Waals surface area contributed by atoms with Crippen LogP contribution in [0, 0.1) is 0 Å². The van der Waals surface area contributed by atoms with Gasteiger partial charge in [0.25, 0.3) is 0 Å². The zero-order valence-electron chi connectivity index (χ0n) is 13.1. The largest absolute Gasteiger partial charge is 0.338 e. The zero-order chi connectivity index (χ0) is 15.6. The number of benzene rings is 1. The molecule has 0 saturated carbocycles. The minimum atomic E-state index is -0.0894. The second-order valence-corrected chi connectivity index (χ2v) is 8.30. The van der Waals surface area contributed by atoms with Crippen LogP contribution in [0.5, 0.6) is 0 Å².